The first kappa shape index (κ1) is 21.3. The number of nitrogens with one attached hydrogen (secondary N) is 1. The minimum absolute atomic E-state index is 0.392. The maximum Gasteiger partial charge on any atom is 0.325 e. The number of hydrogen-bond acceptors (Lipinski definition) is 5. The molecule has 1 aromatic heterocycles. The van der Waals surface area contributed by atoms with Gasteiger partial charge in [-0.1, -0.05) is 42.1 Å². The molecule has 0 spiro atoms. The molecule has 0 radical (unpaired) electrons. The van der Waals surface area contributed by atoms with Gasteiger partial charge in [0.15, 0.2) is 5.16 Å². The highest BCUT2D eigenvalue weighted by Crippen LogP contribution is 2.36. The zero-order chi connectivity index (χ0) is 21.3. The summed E-state index contributed by atoms with van der Waals surface area (Å²) in [5.41, 5.74) is 2.05. The number of nitrogens with zero attached hydrogens (tertiary/aromatic N) is 3. The van der Waals surface area contributed by atoms with Crippen LogP contribution in [0.1, 0.15) is 26.3 Å². The molecule has 0 aliphatic rings. The smallest absolute Gasteiger partial charge is 0.325 e. The molecule has 0 saturated heterocycles. The Bertz CT molecular complexity index is 1100. The van der Waals surface area contributed by atoms with Crippen LogP contribution in [0, 0.1) is 6.92 Å². The Morgan fingerprint density at radius 1 is 1.17 bits per heavy atom. The Morgan fingerprint density at radius 3 is 2.48 bits per heavy atom. The van der Waals surface area contributed by atoms with Gasteiger partial charge >= 0.3 is 5.97 Å². The number of benzene rings is 2. The zero-order valence-electron chi connectivity index (χ0n) is 16.4. The van der Waals surface area contributed by atoms with Crippen molar-refractivity contribution in [3.63, 3.8) is 0 Å². The van der Waals surface area contributed by atoms with Crippen LogP contribution in [-0.2, 0) is 9.59 Å². The van der Waals surface area contributed by atoms with Crippen LogP contribution in [-0.4, -0.2) is 42.5 Å². The molecule has 0 fully saturated rings. The standard InChI is InChI=1S/C20H21BrN4O3S/c1-11-9-10-15(14-8-6-5-7-13(11)14)25-18(21)23-24-19(25)29-20(3,4)17(28)22-12(2)16(26)27/h5-10,12H,1-4H3,(H,22,28)(H,26,27). The molecule has 0 aliphatic carbocycles. The van der Waals surface area contributed by atoms with Crippen molar-refractivity contribution >= 4 is 50.3 Å². The van der Waals surface area contributed by atoms with Crippen molar-refractivity contribution in [2.24, 2.45) is 0 Å². The van der Waals surface area contributed by atoms with Gasteiger partial charge in [-0.05, 0) is 60.6 Å². The largest absolute Gasteiger partial charge is 0.480 e. The number of amides is 1. The van der Waals surface area contributed by atoms with Crippen molar-refractivity contribution in [2.75, 3.05) is 0 Å². The molecular formula is C20H21BrN4O3S. The lowest BCUT2D eigenvalue weighted by Crippen LogP contribution is -2.47. The molecule has 1 amide bonds. The minimum atomic E-state index is -1.09. The van der Waals surface area contributed by atoms with Crippen molar-refractivity contribution in [1.29, 1.82) is 0 Å². The highest BCUT2D eigenvalue weighted by Gasteiger charge is 2.33. The summed E-state index contributed by atoms with van der Waals surface area (Å²) in [4.78, 5) is 23.7. The molecule has 0 aliphatic heterocycles. The van der Waals surface area contributed by atoms with Gasteiger partial charge in [-0.25, -0.2) is 0 Å². The number of halogens is 1. The Labute approximate surface area is 181 Å². The molecule has 9 heteroatoms. The zero-order valence-corrected chi connectivity index (χ0v) is 18.8. The third-order valence-corrected chi connectivity index (χ3v) is 6.22. The fraction of sp³-hybridized carbons (Fsp3) is 0.300. The second kappa shape index (κ2) is 8.16. The summed E-state index contributed by atoms with van der Waals surface area (Å²) in [5, 5.41) is 22.6. The second-order valence-electron chi connectivity index (χ2n) is 7.18. The monoisotopic (exact) mass is 476 g/mol. The molecule has 3 aromatic rings. The number of hydrogen-bond donors (Lipinski definition) is 2. The van der Waals surface area contributed by atoms with Crippen LogP contribution in [0.5, 0.6) is 0 Å². The number of aliphatic carboxylic acids is 1. The van der Waals surface area contributed by atoms with Gasteiger partial charge in [0, 0.05) is 5.39 Å². The van der Waals surface area contributed by atoms with Crippen LogP contribution in [0.2, 0.25) is 0 Å². The van der Waals surface area contributed by atoms with E-state index in [0.717, 1.165) is 22.0 Å². The highest BCUT2D eigenvalue weighted by molar-refractivity contribution is 9.10. The van der Waals surface area contributed by atoms with Crippen LogP contribution in [0.4, 0.5) is 0 Å². The Balaban J connectivity index is 2.00. The number of carboxylic acid groups (broad SMARTS) is 1. The number of aryl methyl sites for hydroxylation is 1. The third-order valence-electron chi connectivity index (χ3n) is 4.57. The Hall–Kier alpha value is -2.39. The molecule has 29 heavy (non-hydrogen) atoms. The van der Waals surface area contributed by atoms with E-state index < -0.39 is 22.7 Å². The average molecular weight is 477 g/mol. The Kier molecular flexibility index (Phi) is 6.00. The first-order valence-corrected chi connectivity index (χ1v) is 10.5. The predicted molar refractivity (Wildman–Crippen MR) is 116 cm³/mol. The number of rotatable bonds is 6. The van der Waals surface area contributed by atoms with Gasteiger partial charge < -0.3 is 10.4 Å². The van der Waals surface area contributed by atoms with Crippen molar-refractivity contribution in [3.05, 3.63) is 46.7 Å². The summed E-state index contributed by atoms with van der Waals surface area (Å²) < 4.78 is 1.40. The molecule has 152 valence electrons. The van der Waals surface area contributed by atoms with Gasteiger partial charge in [0.25, 0.3) is 0 Å². The van der Waals surface area contributed by atoms with E-state index in [-0.39, 0.29) is 0 Å². The number of carbonyl (C=O) groups excluding carboxylic acids is 1. The lowest BCUT2D eigenvalue weighted by Gasteiger charge is -2.24. The summed E-state index contributed by atoms with van der Waals surface area (Å²) in [6.45, 7) is 6.93. The number of thioether (sulfide) groups is 1. The molecule has 2 aromatic carbocycles. The maximum atomic E-state index is 12.6. The van der Waals surface area contributed by atoms with E-state index in [1.807, 2.05) is 34.9 Å². The van der Waals surface area contributed by atoms with E-state index in [2.05, 4.69) is 44.4 Å². The first-order valence-electron chi connectivity index (χ1n) is 8.94. The molecule has 1 unspecified atom stereocenters. The summed E-state index contributed by atoms with van der Waals surface area (Å²) in [5.74, 6) is -1.48. The summed E-state index contributed by atoms with van der Waals surface area (Å²) in [6, 6.07) is 11.1. The van der Waals surface area contributed by atoms with Gasteiger partial charge in [0.05, 0.1) is 10.4 Å². The first-order chi connectivity index (χ1) is 13.6. The van der Waals surface area contributed by atoms with E-state index in [4.69, 9.17) is 5.11 Å². The topological polar surface area (TPSA) is 97.1 Å². The van der Waals surface area contributed by atoms with Crippen molar-refractivity contribution in [3.8, 4) is 5.69 Å². The fourth-order valence-corrected chi connectivity index (χ4v) is 4.38. The normalized spacial score (nSPS) is 12.7. The van der Waals surface area contributed by atoms with Gasteiger partial charge in [-0.15, -0.1) is 10.2 Å². The summed E-state index contributed by atoms with van der Waals surface area (Å²) in [6.07, 6.45) is 0. The van der Waals surface area contributed by atoms with Crippen LogP contribution >= 0.6 is 27.7 Å². The Morgan fingerprint density at radius 2 is 1.83 bits per heavy atom. The molecule has 0 bridgehead atoms. The number of carboxylic acids is 1. The van der Waals surface area contributed by atoms with Crippen LogP contribution in [0.25, 0.3) is 16.5 Å². The number of carbonyl (C=O) groups is 2. The molecule has 1 atom stereocenters. The number of fused-ring (bicyclic) bond motifs is 1. The minimum Gasteiger partial charge on any atom is -0.480 e. The lowest BCUT2D eigenvalue weighted by atomic mass is 10.0. The SMILES string of the molecule is Cc1ccc(-n2c(Br)nnc2SC(C)(C)C(=O)NC(C)C(=O)O)c2ccccc12. The van der Waals surface area contributed by atoms with Crippen LogP contribution in [0.3, 0.4) is 0 Å². The summed E-state index contributed by atoms with van der Waals surface area (Å²) in [7, 11) is 0. The van der Waals surface area contributed by atoms with Gasteiger partial charge in [0.2, 0.25) is 10.6 Å². The third kappa shape index (κ3) is 4.30. The van der Waals surface area contributed by atoms with Crippen molar-refractivity contribution < 1.29 is 14.7 Å². The average Bonchev–Trinajstić information content (AvgIpc) is 3.01. The highest BCUT2D eigenvalue weighted by atomic mass is 79.9. The molecule has 2 N–H and O–H groups in total. The van der Waals surface area contributed by atoms with E-state index in [9.17, 15) is 9.59 Å². The van der Waals surface area contributed by atoms with Gasteiger partial charge in [-0.3, -0.25) is 14.2 Å². The van der Waals surface area contributed by atoms with Crippen molar-refractivity contribution in [1.82, 2.24) is 20.1 Å². The van der Waals surface area contributed by atoms with Crippen molar-refractivity contribution in [2.45, 2.75) is 43.6 Å². The molecular weight excluding hydrogens is 456 g/mol. The molecule has 3 rings (SSSR count). The molecule has 7 nitrogen and oxygen atoms in total. The van der Waals surface area contributed by atoms with E-state index in [0.29, 0.717) is 9.89 Å². The number of aromatic nitrogens is 3. The van der Waals surface area contributed by atoms with E-state index >= 15 is 0 Å². The predicted octanol–water partition coefficient (Wildman–Crippen LogP) is 3.95. The maximum absolute atomic E-state index is 12.6. The van der Waals surface area contributed by atoms with E-state index in [1.165, 1.54) is 18.7 Å². The van der Waals surface area contributed by atoms with Crippen LogP contribution < -0.4 is 5.32 Å². The lowest BCUT2D eigenvalue weighted by molar-refractivity contribution is -0.141. The molecule has 1 heterocycles. The summed E-state index contributed by atoms with van der Waals surface area (Å²) >= 11 is 4.68. The fourth-order valence-electron chi connectivity index (χ4n) is 2.86. The van der Waals surface area contributed by atoms with Crippen LogP contribution in [0.15, 0.2) is 46.3 Å². The quantitative estimate of drug-likeness (QED) is 0.522. The second-order valence-corrected chi connectivity index (χ2v) is 9.48. The van der Waals surface area contributed by atoms with Gasteiger partial charge in [0.1, 0.15) is 6.04 Å². The van der Waals surface area contributed by atoms with E-state index in [1.54, 1.807) is 13.8 Å². The van der Waals surface area contributed by atoms with Gasteiger partial charge in [-0.2, -0.15) is 0 Å². The molecule has 0 saturated carbocycles.